The van der Waals surface area contributed by atoms with Gasteiger partial charge in [-0.15, -0.1) is 0 Å². The molecule has 0 amide bonds. The third-order valence-corrected chi connectivity index (χ3v) is 0.784. The van der Waals surface area contributed by atoms with E-state index in [0.717, 1.165) is 0 Å². The quantitative estimate of drug-likeness (QED) is 0.433. The first-order chi connectivity index (χ1) is 3.80. The van der Waals surface area contributed by atoms with Crippen LogP contribution in [0.5, 0.6) is 0 Å². The summed E-state index contributed by atoms with van der Waals surface area (Å²) in [5.74, 6) is -0.240. The maximum absolute atomic E-state index is 10.4. The van der Waals surface area contributed by atoms with Gasteiger partial charge in [-0.2, -0.15) is 0 Å². The molecule has 0 spiro atoms. The van der Waals surface area contributed by atoms with Crippen molar-refractivity contribution in [3.8, 4) is 0 Å². The smallest absolute Gasteiger partial charge is 0.237 e. The number of rotatable bonds is 0. The summed E-state index contributed by atoms with van der Waals surface area (Å²) in [5.41, 5.74) is 5.09. The Balaban J connectivity index is 2.78. The molecule has 1 aliphatic heterocycles. The van der Waals surface area contributed by atoms with Gasteiger partial charge in [0.15, 0.2) is 5.84 Å². The average Bonchev–Trinajstić information content (AvgIpc) is 1.77. The Morgan fingerprint density at radius 2 is 2.50 bits per heavy atom. The molecule has 0 radical (unpaired) electrons. The molecule has 0 saturated heterocycles. The number of nitrogens with zero attached hydrogens (tertiary/aromatic N) is 2. The Hall–Kier alpha value is -1.19. The third kappa shape index (κ3) is 0.726. The molecule has 0 aliphatic carbocycles. The van der Waals surface area contributed by atoms with Crippen LogP contribution in [-0.2, 0) is 4.79 Å². The Morgan fingerprint density at radius 1 is 1.75 bits per heavy atom. The van der Waals surface area contributed by atoms with Gasteiger partial charge in [-0.1, -0.05) is 0 Å². The predicted molar refractivity (Wildman–Crippen MR) is 30.0 cm³/mol. The highest BCUT2D eigenvalue weighted by Gasteiger charge is 2.04. The highest BCUT2D eigenvalue weighted by molar-refractivity contribution is 6.60. The van der Waals surface area contributed by atoms with Crippen LogP contribution < -0.4 is 5.73 Å². The van der Waals surface area contributed by atoms with Gasteiger partial charge < -0.3 is 5.73 Å². The van der Waals surface area contributed by atoms with Crippen molar-refractivity contribution >= 4 is 17.8 Å². The molecule has 8 heavy (non-hydrogen) atoms. The normalized spacial score (nSPS) is 18.5. The largest absolute Gasteiger partial charge is 0.381 e. The van der Waals surface area contributed by atoms with Crippen LogP contribution in [0.4, 0.5) is 0 Å². The number of nitrogens with two attached hydrogens (primary N) is 1. The number of carbonyl (C=O) groups is 1. The lowest BCUT2D eigenvalue weighted by Crippen LogP contribution is -2.27. The monoisotopic (exact) mass is 111 g/mol. The first kappa shape index (κ1) is 4.96. The SMILES string of the molecule is NC1=NCN=CC1=O. The highest BCUT2D eigenvalue weighted by atomic mass is 16.1. The highest BCUT2D eigenvalue weighted by Crippen LogP contribution is 1.81. The number of ketones is 1. The van der Waals surface area contributed by atoms with Gasteiger partial charge in [0, 0.05) is 0 Å². The maximum atomic E-state index is 10.4. The minimum absolute atomic E-state index is 0.0556. The van der Waals surface area contributed by atoms with Crippen LogP contribution in [0.1, 0.15) is 0 Å². The van der Waals surface area contributed by atoms with Crippen molar-refractivity contribution in [2.24, 2.45) is 15.7 Å². The third-order valence-electron chi connectivity index (χ3n) is 0.784. The molecule has 0 bridgehead atoms. The fourth-order valence-corrected chi connectivity index (χ4v) is 0.385. The maximum Gasteiger partial charge on any atom is 0.237 e. The topological polar surface area (TPSA) is 67.8 Å². The molecule has 2 N–H and O–H groups in total. The molecule has 0 aromatic rings. The molecule has 0 saturated carbocycles. The Morgan fingerprint density at radius 3 is 2.88 bits per heavy atom. The van der Waals surface area contributed by atoms with Gasteiger partial charge in [-0.3, -0.25) is 9.79 Å². The number of Topliss-reactive ketones (excluding diaryl/α,β-unsaturated/α-hetero) is 1. The van der Waals surface area contributed by atoms with Crippen molar-refractivity contribution in [3.63, 3.8) is 0 Å². The second-order valence-corrected chi connectivity index (χ2v) is 1.36. The summed E-state index contributed by atoms with van der Waals surface area (Å²) < 4.78 is 0. The zero-order chi connectivity index (χ0) is 5.98. The van der Waals surface area contributed by atoms with Crippen LogP contribution in [0.3, 0.4) is 0 Å². The second-order valence-electron chi connectivity index (χ2n) is 1.36. The molecular formula is C4H5N3O. The molecule has 4 nitrogen and oxygen atoms in total. The standard InChI is InChI=1S/C4H5N3O/c5-4-3(8)1-6-2-7-4/h1H,2H2,(H2,5,7). The van der Waals surface area contributed by atoms with Crippen molar-refractivity contribution in [2.75, 3.05) is 6.67 Å². The summed E-state index contributed by atoms with van der Waals surface area (Å²) in [6.07, 6.45) is 1.18. The Kier molecular flexibility index (Phi) is 1.07. The van der Waals surface area contributed by atoms with Crippen molar-refractivity contribution in [1.82, 2.24) is 0 Å². The van der Waals surface area contributed by atoms with Crippen LogP contribution in [0.25, 0.3) is 0 Å². The van der Waals surface area contributed by atoms with Crippen LogP contribution >= 0.6 is 0 Å². The van der Waals surface area contributed by atoms with E-state index in [-0.39, 0.29) is 18.3 Å². The summed E-state index contributed by atoms with van der Waals surface area (Å²) in [6.45, 7) is 0.289. The first-order valence-corrected chi connectivity index (χ1v) is 2.15. The van der Waals surface area contributed by atoms with Gasteiger partial charge in [-0.05, 0) is 0 Å². The molecule has 0 aromatic heterocycles. The van der Waals surface area contributed by atoms with Crippen molar-refractivity contribution < 1.29 is 4.79 Å². The minimum atomic E-state index is -0.295. The lowest BCUT2D eigenvalue weighted by atomic mass is 10.4. The zero-order valence-electron chi connectivity index (χ0n) is 4.16. The van der Waals surface area contributed by atoms with Gasteiger partial charge in [0.2, 0.25) is 5.78 Å². The van der Waals surface area contributed by atoms with E-state index in [9.17, 15) is 4.79 Å². The van der Waals surface area contributed by atoms with E-state index in [2.05, 4.69) is 9.98 Å². The molecule has 0 aromatic carbocycles. The summed E-state index contributed by atoms with van der Waals surface area (Å²) in [5, 5.41) is 0. The number of hydrogen-bond donors (Lipinski definition) is 1. The molecular weight excluding hydrogens is 106 g/mol. The lowest BCUT2D eigenvalue weighted by Gasteiger charge is -1.96. The second kappa shape index (κ2) is 1.73. The average molecular weight is 111 g/mol. The lowest BCUT2D eigenvalue weighted by molar-refractivity contribution is -0.107. The van der Waals surface area contributed by atoms with Gasteiger partial charge in [0.1, 0.15) is 6.67 Å². The van der Waals surface area contributed by atoms with Gasteiger partial charge in [0.05, 0.1) is 6.21 Å². The van der Waals surface area contributed by atoms with Crippen molar-refractivity contribution in [3.05, 3.63) is 0 Å². The Bertz CT molecular complexity index is 170. The molecule has 1 rings (SSSR count). The summed E-state index contributed by atoms with van der Waals surface area (Å²) in [4.78, 5) is 17.5. The van der Waals surface area contributed by atoms with Crippen molar-refractivity contribution in [1.29, 1.82) is 0 Å². The molecule has 4 heteroatoms. The number of carbonyl (C=O) groups excluding carboxylic acids is 1. The Labute approximate surface area is 46.1 Å². The van der Waals surface area contributed by atoms with E-state index >= 15 is 0 Å². The summed E-state index contributed by atoms with van der Waals surface area (Å²) >= 11 is 0. The van der Waals surface area contributed by atoms with E-state index in [1.807, 2.05) is 0 Å². The van der Waals surface area contributed by atoms with Crippen LogP contribution in [0, 0.1) is 0 Å². The van der Waals surface area contributed by atoms with E-state index in [1.165, 1.54) is 6.21 Å². The predicted octanol–water partition coefficient (Wildman–Crippen LogP) is -1.05. The summed E-state index contributed by atoms with van der Waals surface area (Å²) in [6, 6.07) is 0. The van der Waals surface area contributed by atoms with E-state index in [4.69, 9.17) is 5.73 Å². The fourth-order valence-electron chi connectivity index (χ4n) is 0.385. The van der Waals surface area contributed by atoms with Gasteiger partial charge >= 0.3 is 0 Å². The summed E-state index contributed by atoms with van der Waals surface area (Å²) in [7, 11) is 0. The molecule has 0 unspecified atom stereocenters. The molecule has 0 fully saturated rings. The molecule has 0 atom stereocenters. The molecule has 1 heterocycles. The van der Waals surface area contributed by atoms with Crippen LogP contribution in [0.15, 0.2) is 9.98 Å². The molecule has 42 valence electrons. The van der Waals surface area contributed by atoms with Gasteiger partial charge in [-0.25, -0.2) is 4.99 Å². The first-order valence-electron chi connectivity index (χ1n) is 2.15. The fraction of sp³-hybridized carbons (Fsp3) is 0.250. The number of hydrogen-bond acceptors (Lipinski definition) is 4. The van der Waals surface area contributed by atoms with Crippen molar-refractivity contribution in [2.45, 2.75) is 0 Å². The van der Waals surface area contributed by atoms with Crippen LogP contribution in [0.2, 0.25) is 0 Å². The van der Waals surface area contributed by atoms with Crippen LogP contribution in [-0.4, -0.2) is 24.5 Å². The number of aliphatic imine (C=N–C) groups is 2. The van der Waals surface area contributed by atoms with E-state index < -0.39 is 0 Å². The number of amidine groups is 1. The van der Waals surface area contributed by atoms with E-state index in [1.54, 1.807) is 0 Å². The van der Waals surface area contributed by atoms with Gasteiger partial charge in [0.25, 0.3) is 0 Å². The van der Waals surface area contributed by atoms with E-state index in [0.29, 0.717) is 0 Å². The molecule has 1 aliphatic rings. The zero-order valence-corrected chi connectivity index (χ0v) is 4.16. The minimum Gasteiger partial charge on any atom is -0.381 e.